The molecule has 2 aromatic carbocycles. The number of hydrogen-bond acceptors (Lipinski definition) is 1. The van der Waals surface area contributed by atoms with E-state index >= 15 is 0 Å². The van der Waals surface area contributed by atoms with Crippen molar-refractivity contribution in [3.05, 3.63) is 82.8 Å². The number of fused-ring (bicyclic) bond motifs is 3. The molecular weight excluding hydrogens is 268 g/mol. The van der Waals surface area contributed by atoms with Crippen LogP contribution in [-0.4, -0.2) is 4.98 Å². The lowest BCUT2D eigenvalue weighted by Gasteiger charge is -2.08. The van der Waals surface area contributed by atoms with Gasteiger partial charge in [0.15, 0.2) is 5.69 Å². The molecule has 4 rings (SSSR count). The van der Waals surface area contributed by atoms with Crippen molar-refractivity contribution in [1.29, 1.82) is 0 Å². The highest BCUT2D eigenvalue weighted by molar-refractivity contribution is 5.87. The third-order valence-electron chi connectivity index (χ3n) is 4.28. The van der Waals surface area contributed by atoms with Crippen molar-refractivity contribution in [2.24, 2.45) is 0 Å². The van der Waals surface area contributed by atoms with Gasteiger partial charge in [-0.15, -0.1) is 0 Å². The minimum absolute atomic E-state index is 0.761. The molecule has 2 nitrogen and oxygen atoms in total. The molecule has 1 aliphatic rings. The molecule has 1 heterocycles. The van der Waals surface area contributed by atoms with Crippen molar-refractivity contribution in [2.75, 3.05) is 0 Å². The first-order valence-electron chi connectivity index (χ1n) is 7.32. The maximum absolute atomic E-state index is 7.37. The summed E-state index contributed by atoms with van der Waals surface area (Å²) in [6, 6.07) is 16.5. The number of benzene rings is 2. The quantitative estimate of drug-likeness (QED) is 0.440. The Morgan fingerprint density at radius 2 is 1.64 bits per heavy atom. The van der Waals surface area contributed by atoms with E-state index in [1.54, 1.807) is 0 Å². The first-order chi connectivity index (χ1) is 10.8. The van der Waals surface area contributed by atoms with Gasteiger partial charge in [-0.25, -0.2) is 4.85 Å². The average Bonchev–Trinajstić information content (AvgIpc) is 2.94. The van der Waals surface area contributed by atoms with Crippen LogP contribution in [0.3, 0.4) is 0 Å². The van der Waals surface area contributed by atoms with Gasteiger partial charge in [-0.3, -0.25) is 4.98 Å². The van der Waals surface area contributed by atoms with E-state index in [0.29, 0.717) is 0 Å². The summed E-state index contributed by atoms with van der Waals surface area (Å²) in [6.07, 6.45) is 2.72. The predicted octanol–water partition coefficient (Wildman–Crippen LogP) is 5.18. The molecule has 0 fully saturated rings. The van der Waals surface area contributed by atoms with Gasteiger partial charge in [0.05, 0.1) is 12.3 Å². The van der Waals surface area contributed by atoms with Crippen LogP contribution in [0.15, 0.2) is 54.7 Å². The van der Waals surface area contributed by atoms with E-state index in [1.807, 2.05) is 25.3 Å². The van der Waals surface area contributed by atoms with Crippen LogP contribution in [0.2, 0.25) is 0 Å². The lowest BCUT2D eigenvalue weighted by Crippen LogP contribution is -1.90. The van der Waals surface area contributed by atoms with Gasteiger partial charge < -0.3 is 0 Å². The number of aryl methyl sites for hydroxylation is 1. The third kappa shape index (κ3) is 1.83. The van der Waals surface area contributed by atoms with Crippen molar-refractivity contribution in [1.82, 2.24) is 4.98 Å². The molecule has 0 bridgehead atoms. The van der Waals surface area contributed by atoms with E-state index in [4.69, 9.17) is 6.57 Å². The van der Waals surface area contributed by atoms with Gasteiger partial charge in [-0.1, -0.05) is 42.5 Å². The molecule has 0 N–H and O–H groups in total. The van der Waals surface area contributed by atoms with Crippen LogP contribution in [0, 0.1) is 13.5 Å². The van der Waals surface area contributed by atoms with Gasteiger partial charge in [-0.2, -0.15) is 0 Å². The fourth-order valence-electron chi connectivity index (χ4n) is 3.19. The summed E-state index contributed by atoms with van der Waals surface area (Å²) in [5, 5.41) is 0. The molecule has 0 unspecified atom stereocenters. The predicted molar refractivity (Wildman–Crippen MR) is 88.9 cm³/mol. The van der Waals surface area contributed by atoms with Crippen molar-refractivity contribution in [2.45, 2.75) is 13.3 Å². The fourth-order valence-corrected chi connectivity index (χ4v) is 3.19. The molecule has 104 valence electrons. The molecule has 1 aliphatic carbocycles. The van der Waals surface area contributed by atoms with Crippen molar-refractivity contribution in [3.8, 4) is 22.4 Å². The maximum atomic E-state index is 7.37. The second-order valence-electron chi connectivity index (χ2n) is 5.64. The summed E-state index contributed by atoms with van der Waals surface area (Å²) in [7, 11) is 0. The van der Waals surface area contributed by atoms with Crippen LogP contribution < -0.4 is 0 Å². The minimum atomic E-state index is 0.761. The fraction of sp³-hybridized carbons (Fsp3) is 0.100. The molecule has 1 aromatic heterocycles. The Kier molecular flexibility index (Phi) is 2.80. The topological polar surface area (TPSA) is 17.2 Å². The SMILES string of the molecule is [C-]#[N+]c1cccc2c1Cc1c(-c3ccc(C)cn3)cccc1-2. The number of aromatic nitrogens is 1. The lowest BCUT2D eigenvalue weighted by molar-refractivity contribution is 1.23. The van der Waals surface area contributed by atoms with Gasteiger partial charge in [0.2, 0.25) is 0 Å². The van der Waals surface area contributed by atoms with E-state index < -0.39 is 0 Å². The van der Waals surface area contributed by atoms with E-state index in [2.05, 4.69) is 46.2 Å². The number of pyridine rings is 1. The molecule has 0 saturated heterocycles. The summed E-state index contributed by atoms with van der Waals surface area (Å²) >= 11 is 0. The van der Waals surface area contributed by atoms with E-state index in [0.717, 1.165) is 28.9 Å². The first kappa shape index (κ1) is 12.8. The Hall–Kier alpha value is -2.92. The van der Waals surface area contributed by atoms with Crippen molar-refractivity contribution in [3.63, 3.8) is 0 Å². The van der Waals surface area contributed by atoms with Crippen LogP contribution in [0.5, 0.6) is 0 Å². The van der Waals surface area contributed by atoms with Crippen LogP contribution in [0.1, 0.15) is 16.7 Å². The average molecular weight is 282 g/mol. The van der Waals surface area contributed by atoms with Gasteiger partial charge in [0.25, 0.3) is 0 Å². The van der Waals surface area contributed by atoms with Crippen LogP contribution in [-0.2, 0) is 6.42 Å². The van der Waals surface area contributed by atoms with Crippen LogP contribution in [0.25, 0.3) is 27.2 Å². The Morgan fingerprint density at radius 3 is 2.36 bits per heavy atom. The van der Waals surface area contributed by atoms with Crippen LogP contribution >= 0.6 is 0 Å². The zero-order valence-electron chi connectivity index (χ0n) is 12.3. The highest BCUT2D eigenvalue weighted by atomic mass is 14.7. The molecule has 0 atom stereocenters. The molecule has 0 spiro atoms. The van der Waals surface area contributed by atoms with Crippen molar-refractivity contribution >= 4 is 5.69 Å². The minimum Gasteiger partial charge on any atom is -0.256 e. The Labute approximate surface area is 129 Å². The van der Waals surface area contributed by atoms with E-state index in [9.17, 15) is 0 Å². The summed E-state index contributed by atoms with van der Waals surface area (Å²) in [4.78, 5) is 8.24. The molecule has 2 heteroatoms. The highest BCUT2D eigenvalue weighted by Gasteiger charge is 2.23. The zero-order chi connectivity index (χ0) is 15.1. The monoisotopic (exact) mass is 282 g/mol. The number of hydrogen-bond donors (Lipinski definition) is 0. The molecule has 0 aliphatic heterocycles. The summed E-state index contributed by atoms with van der Waals surface area (Å²) in [5.74, 6) is 0. The second kappa shape index (κ2) is 4.82. The largest absolute Gasteiger partial charge is 0.256 e. The smallest absolute Gasteiger partial charge is 0.191 e. The molecule has 0 radical (unpaired) electrons. The molecule has 0 saturated carbocycles. The standard InChI is InChI=1S/C20H14N2/c1-13-9-10-20(22-12-13)16-7-3-5-14-15-6-4-8-19(21-2)18(15)11-17(14)16/h3-10,12H,11H2,1H3. The highest BCUT2D eigenvalue weighted by Crippen LogP contribution is 2.44. The Bertz CT molecular complexity index is 915. The first-order valence-corrected chi connectivity index (χ1v) is 7.32. The molecule has 0 amide bonds. The summed E-state index contributed by atoms with van der Waals surface area (Å²) in [6.45, 7) is 9.42. The van der Waals surface area contributed by atoms with Gasteiger partial charge >= 0.3 is 0 Å². The van der Waals surface area contributed by atoms with Gasteiger partial charge in [0, 0.05) is 11.8 Å². The lowest BCUT2D eigenvalue weighted by atomic mass is 9.98. The number of nitrogens with zero attached hydrogens (tertiary/aromatic N) is 2. The van der Waals surface area contributed by atoms with Crippen LogP contribution in [0.4, 0.5) is 5.69 Å². The Morgan fingerprint density at radius 1 is 0.909 bits per heavy atom. The van der Waals surface area contributed by atoms with Gasteiger partial charge in [0.1, 0.15) is 0 Å². The zero-order valence-corrected chi connectivity index (χ0v) is 12.3. The normalized spacial score (nSPS) is 11.6. The summed E-state index contributed by atoms with van der Waals surface area (Å²) < 4.78 is 0. The van der Waals surface area contributed by atoms with Crippen molar-refractivity contribution < 1.29 is 0 Å². The maximum Gasteiger partial charge on any atom is 0.191 e. The number of rotatable bonds is 1. The van der Waals surface area contributed by atoms with E-state index in [-0.39, 0.29) is 0 Å². The van der Waals surface area contributed by atoms with Gasteiger partial charge in [-0.05, 0) is 47.2 Å². The summed E-state index contributed by atoms with van der Waals surface area (Å²) in [5.41, 5.74) is 8.95. The Balaban J connectivity index is 1.92. The molecular formula is C20H14N2. The molecule has 22 heavy (non-hydrogen) atoms. The molecule has 3 aromatic rings. The third-order valence-corrected chi connectivity index (χ3v) is 4.28. The second-order valence-corrected chi connectivity index (χ2v) is 5.64. The van der Waals surface area contributed by atoms with E-state index in [1.165, 1.54) is 22.3 Å².